The molecular weight excluding hydrogens is 270 g/mol. The Kier molecular flexibility index (Phi) is 4.08. The second kappa shape index (κ2) is 5.98. The van der Waals surface area contributed by atoms with Gasteiger partial charge in [-0.25, -0.2) is 0 Å². The minimum atomic E-state index is 0.618. The van der Waals surface area contributed by atoms with Crippen molar-refractivity contribution in [3.05, 3.63) is 52.8 Å². The van der Waals surface area contributed by atoms with Gasteiger partial charge in [0.25, 0.3) is 0 Å². The van der Waals surface area contributed by atoms with E-state index >= 15 is 0 Å². The second-order valence-electron chi connectivity index (χ2n) is 5.62. The van der Waals surface area contributed by atoms with Crippen molar-refractivity contribution in [1.29, 1.82) is 0 Å². The van der Waals surface area contributed by atoms with Gasteiger partial charge in [-0.15, -0.1) is 0 Å². The number of aromatic nitrogens is 2. The van der Waals surface area contributed by atoms with Crippen molar-refractivity contribution < 1.29 is 0 Å². The molecule has 1 heterocycles. The molecule has 0 atom stereocenters. The summed E-state index contributed by atoms with van der Waals surface area (Å²) in [6.07, 6.45) is 6.34. The third-order valence-electron chi connectivity index (χ3n) is 4.02. The molecule has 20 heavy (non-hydrogen) atoms. The lowest BCUT2D eigenvalue weighted by Gasteiger charge is -2.36. The molecule has 0 unspecified atom stereocenters. The number of hydrogen-bond acceptors (Lipinski definition) is 2. The van der Waals surface area contributed by atoms with Gasteiger partial charge in [0.15, 0.2) is 0 Å². The van der Waals surface area contributed by atoms with E-state index in [-0.39, 0.29) is 0 Å². The van der Waals surface area contributed by atoms with E-state index in [1.54, 1.807) is 0 Å². The fraction of sp³-hybridized carbons (Fsp3) is 0.438. The summed E-state index contributed by atoms with van der Waals surface area (Å²) < 4.78 is 1.99. The van der Waals surface area contributed by atoms with E-state index in [0.717, 1.165) is 18.1 Å². The molecule has 1 aromatic heterocycles. The van der Waals surface area contributed by atoms with Crippen LogP contribution in [-0.2, 0) is 6.54 Å². The summed E-state index contributed by atoms with van der Waals surface area (Å²) >= 11 is 6.23. The highest BCUT2D eigenvalue weighted by Crippen LogP contribution is 2.39. The number of nitrogens with zero attached hydrogens (tertiary/aromatic N) is 2. The average molecular weight is 290 g/mol. The first-order valence-corrected chi connectivity index (χ1v) is 7.57. The zero-order chi connectivity index (χ0) is 13.9. The van der Waals surface area contributed by atoms with Gasteiger partial charge in [-0.1, -0.05) is 29.8 Å². The summed E-state index contributed by atoms with van der Waals surface area (Å²) in [5.41, 5.74) is 2.52. The highest BCUT2D eigenvalue weighted by atomic mass is 35.5. The molecular formula is C16H20ClN3. The highest BCUT2D eigenvalue weighted by Gasteiger charge is 2.30. The number of halogens is 1. The van der Waals surface area contributed by atoms with Crippen LogP contribution in [-0.4, -0.2) is 22.4 Å². The number of benzene rings is 1. The summed E-state index contributed by atoms with van der Waals surface area (Å²) in [4.78, 5) is 0. The molecule has 0 aliphatic heterocycles. The fourth-order valence-corrected chi connectivity index (χ4v) is 3.11. The van der Waals surface area contributed by atoms with Crippen molar-refractivity contribution in [2.45, 2.75) is 38.3 Å². The van der Waals surface area contributed by atoms with Gasteiger partial charge in [0, 0.05) is 23.8 Å². The van der Waals surface area contributed by atoms with Crippen LogP contribution in [0.2, 0.25) is 5.02 Å². The molecule has 1 saturated carbocycles. The first-order chi connectivity index (χ1) is 9.72. The van der Waals surface area contributed by atoms with Crippen LogP contribution in [0.1, 0.15) is 29.9 Å². The predicted molar refractivity (Wildman–Crippen MR) is 82.2 cm³/mol. The molecule has 3 nitrogen and oxygen atoms in total. The van der Waals surface area contributed by atoms with Gasteiger partial charge in [-0.05, 0) is 42.9 Å². The summed E-state index contributed by atoms with van der Waals surface area (Å²) in [5, 5.41) is 8.79. The van der Waals surface area contributed by atoms with Gasteiger partial charge in [0.2, 0.25) is 0 Å². The van der Waals surface area contributed by atoms with Crippen LogP contribution < -0.4 is 5.32 Å². The Morgan fingerprint density at radius 3 is 2.85 bits per heavy atom. The van der Waals surface area contributed by atoms with Gasteiger partial charge < -0.3 is 5.32 Å². The van der Waals surface area contributed by atoms with Crippen molar-refractivity contribution in [2.75, 3.05) is 6.54 Å². The van der Waals surface area contributed by atoms with Crippen molar-refractivity contribution >= 4 is 11.6 Å². The zero-order valence-corrected chi connectivity index (χ0v) is 12.5. The summed E-state index contributed by atoms with van der Waals surface area (Å²) in [6, 6.07) is 8.81. The standard InChI is InChI=1S/C16H20ClN3/c1-12-10-19-20(11-12)7-6-18-14-8-13(9-14)15-4-2-3-5-16(15)17/h2-5,10-11,13-14,18H,6-9H2,1H3. The molecule has 1 aromatic carbocycles. The van der Waals surface area contributed by atoms with E-state index in [9.17, 15) is 0 Å². The van der Waals surface area contributed by atoms with Crippen LogP contribution in [0, 0.1) is 6.92 Å². The summed E-state index contributed by atoms with van der Waals surface area (Å²) in [6.45, 7) is 3.97. The quantitative estimate of drug-likeness (QED) is 0.914. The Balaban J connectivity index is 1.41. The fourth-order valence-electron chi connectivity index (χ4n) is 2.82. The molecule has 0 bridgehead atoms. The van der Waals surface area contributed by atoms with Gasteiger partial charge >= 0.3 is 0 Å². The molecule has 106 valence electrons. The predicted octanol–water partition coefficient (Wildman–Crippen LogP) is 3.38. The molecule has 0 amide bonds. The molecule has 1 aliphatic carbocycles. The maximum atomic E-state index is 6.23. The minimum Gasteiger partial charge on any atom is -0.312 e. The molecule has 0 radical (unpaired) electrons. The number of rotatable bonds is 5. The van der Waals surface area contributed by atoms with Crippen LogP contribution in [0.4, 0.5) is 0 Å². The molecule has 3 rings (SSSR count). The van der Waals surface area contributed by atoms with Gasteiger partial charge in [-0.2, -0.15) is 5.10 Å². The number of aryl methyl sites for hydroxylation is 1. The van der Waals surface area contributed by atoms with Crippen LogP contribution in [0.3, 0.4) is 0 Å². The summed E-state index contributed by atoms with van der Waals surface area (Å²) in [5.74, 6) is 0.619. The lowest BCUT2D eigenvalue weighted by atomic mass is 9.76. The summed E-state index contributed by atoms with van der Waals surface area (Å²) in [7, 11) is 0. The molecule has 2 aromatic rings. The van der Waals surface area contributed by atoms with E-state index in [4.69, 9.17) is 11.6 Å². The molecule has 0 spiro atoms. The van der Waals surface area contributed by atoms with Crippen LogP contribution in [0.15, 0.2) is 36.7 Å². The maximum absolute atomic E-state index is 6.23. The Labute approximate surface area is 124 Å². The first-order valence-electron chi connectivity index (χ1n) is 7.19. The Bertz CT molecular complexity index is 573. The third-order valence-corrected chi connectivity index (χ3v) is 4.36. The lowest BCUT2D eigenvalue weighted by Crippen LogP contribution is -2.41. The van der Waals surface area contributed by atoms with Crippen LogP contribution in [0.5, 0.6) is 0 Å². The Hall–Kier alpha value is -1.32. The molecule has 1 fully saturated rings. The monoisotopic (exact) mass is 289 g/mol. The highest BCUT2D eigenvalue weighted by molar-refractivity contribution is 6.31. The minimum absolute atomic E-state index is 0.618. The van der Waals surface area contributed by atoms with Gasteiger partial charge in [-0.3, -0.25) is 4.68 Å². The maximum Gasteiger partial charge on any atom is 0.0534 e. The number of hydrogen-bond donors (Lipinski definition) is 1. The van der Waals surface area contributed by atoms with E-state index in [2.05, 4.69) is 35.7 Å². The van der Waals surface area contributed by atoms with E-state index in [1.807, 2.05) is 23.0 Å². The van der Waals surface area contributed by atoms with Crippen LogP contribution >= 0.6 is 11.6 Å². The molecule has 1 aliphatic rings. The average Bonchev–Trinajstić information content (AvgIpc) is 2.79. The van der Waals surface area contributed by atoms with E-state index in [0.29, 0.717) is 12.0 Å². The number of nitrogens with one attached hydrogen (secondary N) is 1. The van der Waals surface area contributed by atoms with Crippen LogP contribution in [0.25, 0.3) is 0 Å². The van der Waals surface area contributed by atoms with E-state index < -0.39 is 0 Å². The van der Waals surface area contributed by atoms with E-state index in [1.165, 1.54) is 24.0 Å². The Morgan fingerprint density at radius 1 is 1.35 bits per heavy atom. The first kappa shape index (κ1) is 13.7. The second-order valence-corrected chi connectivity index (χ2v) is 6.03. The zero-order valence-electron chi connectivity index (χ0n) is 11.7. The molecule has 4 heteroatoms. The van der Waals surface area contributed by atoms with Gasteiger partial charge in [0.05, 0.1) is 12.7 Å². The normalized spacial score (nSPS) is 21.7. The van der Waals surface area contributed by atoms with Crippen molar-refractivity contribution in [3.63, 3.8) is 0 Å². The van der Waals surface area contributed by atoms with Crippen molar-refractivity contribution in [2.24, 2.45) is 0 Å². The Morgan fingerprint density at radius 2 is 2.15 bits per heavy atom. The molecule has 0 saturated heterocycles. The SMILES string of the molecule is Cc1cnn(CCNC2CC(c3ccccc3Cl)C2)c1. The third kappa shape index (κ3) is 3.05. The van der Waals surface area contributed by atoms with Gasteiger partial charge in [0.1, 0.15) is 0 Å². The lowest BCUT2D eigenvalue weighted by molar-refractivity contribution is 0.287. The largest absolute Gasteiger partial charge is 0.312 e. The molecule has 1 N–H and O–H groups in total. The van der Waals surface area contributed by atoms with Crippen molar-refractivity contribution in [3.8, 4) is 0 Å². The smallest absolute Gasteiger partial charge is 0.0534 e. The van der Waals surface area contributed by atoms with Crippen molar-refractivity contribution in [1.82, 2.24) is 15.1 Å². The topological polar surface area (TPSA) is 29.9 Å².